The van der Waals surface area contributed by atoms with Crippen molar-refractivity contribution < 1.29 is 0 Å². The third-order valence-corrected chi connectivity index (χ3v) is 2.23. The van der Waals surface area contributed by atoms with Gasteiger partial charge in [0.1, 0.15) is 0 Å². The molecule has 0 aromatic heterocycles. The number of hydrogen-bond donors (Lipinski definition) is 1. The van der Waals surface area contributed by atoms with Gasteiger partial charge in [-0.15, -0.1) is 0 Å². The van der Waals surface area contributed by atoms with Crippen molar-refractivity contribution in [1.29, 1.82) is 0 Å². The molecule has 1 aliphatic heterocycles. The lowest BCUT2D eigenvalue weighted by atomic mass is 10.0. The first kappa shape index (κ1) is 14.2. The zero-order valence-corrected chi connectivity index (χ0v) is 10.6. The van der Waals surface area contributed by atoms with Gasteiger partial charge in [0.25, 0.3) is 0 Å². The maximum absolute atomic E-state index is 3.40. The summed E-state index contributed by atoms with van der Waals surface area (Å²) in [4.78, 5) is 0. The van der Waals surface area contributed by atoms with E-state index in [1.54, 1.807) is 0 Å². The van der Waals surface area contributed by atoms with Crippen LogP contribution in [0, 0.1) is 0 Å². The van der Waals surface area contributed by atoms with E-state index in [4.69, 9.17) is 0 Å². The van der Waals surface area contributed by atoms with Crippen molar-refractivity contribution >= 4 is 0 Å². The van der Waals surface area contributed by atoms with Gasteiger partial charge in [0.05, 0.1) is 0 Å². The number of hydrogen-bond acceptors (Lipinski definition) is 1. The molecular weight excluding hydrogens is 182 g/mol. The van der Waals surface area contributed by atoms with E-state index in [-0.39, 0.29) is 0 Å². The average Bonchev–Trinajstić information content (AvgIpc) is 2.59. The number of benzene rings is 1. The summed E-state index contributed by atoms with van der Waals surface area (Å²) in [6.45, 7) is 10.2. The van der Waals surface area contributed by atoms with Gasteiger partial charge in [0, 0.05) is 6.54 Å². The Morgan fingerprint density at radius 2 is 1.53 bits per heavy atom. The molecule has 0 bridgehead atoms. The van der Waals surface area contributed by atoms with Crippen LogP contribution in [0.3, 0.4) is 0 Å². The smallest absolute Gasteiger partial charge is 0.0208 e. The topological polar surface area (TPSA) is 12.0 Å². The van der Waals surface area contributed by atoms with Crippen LogP contribution in [0.5, 0.6) is 0 Å². The highest BCUT2D eigenvalue weighted by Gasteiger charge is 2.04. The first-order chi connectivity index (χ1) is 7.47. The normalized spacial score (nSPS) is 13.3. The van der Waals surface area contributed by atoms with Crippen molar-refractivity contribution in [1.82, 2.24) is 5.32 Å². The summed E-state index contributed by atoms with van der Waals surface area (Å²) in [7, 11) is 0. The van der Waals surface area contributed by atoms with Crippen molar-refractivity contribution in [2.24, 2.45) is 0 Å². The Morgan fingerprint density at radius 1 is 0.933 bits per heavy atom. The number of rotatable bonds is 0. The highest BCUT2D eigenvalue weighted by molar-refractivity contribution is 5.27. The molecule has 2 rings (SSSR count). The van der Waals surface area contributed by atoms with Gasteiger partial charge in [-0.05, 0) is 30.5 Å². The predicted molar refractivity (Wildman–Crippen MR) is 69.2 cm³/mol. The van der Waals surface area contributed by atoms with Crippen LogP contribution < -0.4 is 5.32 Å². The summed E-state index contributed by atoms with van der Waals surface area (Å²) in [5.74, 6) is 0. The van der Waals surface area contributed by atoms with Gasteiger partial charge in [-0.1, -0.05) is 52.0 Å². The van der Waals surface area contributed by atoms with E-state index in [1.165, 1.54) is 24.0 Å². The molecule has 1 heterocycles. The van der Waals surface area contributed by atoms with Crippen LogP contribution >= 0.6 is 0 Å². The fourth-order valence-electron chi connectivity index (χ4n) is 1.60. The van der Waals surface area contributed by atoms with Crippen molar-refractivity contribution in [3.8, 4) is 0 Å². The number of aryl methyl sites for hydroxylation is 1. The number of fused-ring (bicyclic) bond motifs is 1. The molecule has 1 heteroatoms. The van der Waals surface area contributed by atoms with E-state index in [1.807, 2.05) is 27.7 Å². The summed E-state index contributed by atoms with van der Waals surface area (Å²) in [5, 5.41) is 3.40. The summed E-state index contributed by atoms with van der Waals surface area (Å²) in [5.41, 5.74) is 3.00. The first-order valence-electron chi connectivity index (χ1n) is 6.24. The Balaban J connectivity index is 0.000000442. The molecule has 0 aliphatic carbocycles. The van der Waals surface area contributed by atoms with Crippen LogP contribution in [0.1, 0.15) is 45.2 Å². The fourth-order valence-corrected chi connectivity index (χ4v) is 1.60. The molecule has 1 aliphatic rings. The molecule has 0 saturated carbocycles. The Morgan fingerprint density at radius 3 is 2.20 bits per heavy atom. The Kier molecular flexibility index (Phi) is 9.19. The highest BCUT2D eigenvalue weighted by atomic mass is 14.8. The molecule has 0 atom stereocenters. The molecule has 0 fully saturated rings. The quantitative estimate of drug-likeness (QED) is 0.683. The van der Waals surface area contributed by atoms with Crippen molar-refractivity contribution in [2.75, 3.05) is 6.54 Å². The zero-order chi connectivity index (χ0) is 11.5. The predicted octanol–water partition coefficient (Wildman–Crippen LogP) is 3.77. The van der Waals surface area contributed by atoms with E-state index in [2.05, 4.69) is 29.6 Å². The molecule has 1 aromatic rings. The molecule has 0 saturated heterocycles. The lowest BCUT2D eigenvalue weighted by Gasteiger charge is -2.02. The molecule has 0 radical (unpaired) electrons. The standard InChI is InChI=1S/C10H13N.2C2H6/c1-2-5-10-8-11-7-3-6-9(10)4-1;2*1-2/h1-2,4-5,11H,3,6-8H2;2*1-2H3. The fraction of sp³-hybridized carbons (Fsp3) is 0.571. The molecule has 0 unspecified atom stereocenters. The van der Waals surface area contributed by atoms with E-state index >= 15 is 0 Å². The van der Waals surface area contributed by atoms with E-state index < -0.39 is 0 Å². The van der Waals surface area contributed by atoms with Crippen molar-refractivity contribution in [3.63, 3.8) is 0 Å². The van der Waals surface area contributed by atoms with Gasteiger partial charge < -0.3 is 5.32 Å². The Hall–Kier alpha value is -0.820. The molecule has 1 nitrogen and oxygen atoms in total. The largest absolute Gasteiger partial charge is 0.313 e. The summed E-state index contributed by atoms with van der Waals surface area (Å²) in [6.07, 6.45) is 2.51. The minimum absolute atomic E-state index is 1.05. The molecule has 0 amide bonds. The second-order valence-corrected chi connectivity index (χ2v) is 3.05. The van der Waals surface area contributed by atoms with E-state index in [0.717, 1.165) is 13.1 Å². The van der Waals surface area contributed by atoms with Gasteiger partial charge >= 0.3 is 0 Å². The molecule has 86 valence electrons. The van der Waals surface area contributed by atoms with Crippen LogP contribution in [-0.4, -0.2) is 6.54 Å². The van der Waals surface area contributed by atoms with E-state index in [0.29, 0.717) is 0 Å². The van der Waals surface area contributed by atoms with Crippen LogP contribution in [-0.2, 0) is 13.0 Å². The maximum Gasteiger partial charge on any atom is 0.0208 e. The highest BCUT2D eigenvalue weighted by Crippen LogP contribution is 2.12. The minimum Gasteiger partial charge on any atom is -0.313 e. The van der Waals surface area contributed by atoms with Gasteiger partial charge in [0.2, 0.25) is 0 Å². The molecule has 0 spiro atoms. The Bertz CT molecular complexity index is 218. The zero-order valence-electron chi connectivity index (χ0n) is 10.6. The van der Waals surface area contributed by atoms with Crippen LogP contribution in [0.15, 0.2) is 24.3 Å². The van der Waals surface area contributed by atoms with Gasteiger partial charge in [-0.25, -0.2) is 0 Å². The third kappa shape index (κ3) is 4.98. The van der Waals surface area contributed by atoms with Crippen LogP contribution in [0.2, 0.25) is 0 Å². The van der Waals surface area contributed by atoms with Crippen LogP contribution in [0.25, 0.3) is 0 Å². The van der Waals surface area contributed by atoms with E-state index in [9.17, 15) is 0 Å². The maximum atomic E-state index is 3.40. The van der Waals surface area contributed by atoms with Gasteiger partial charge in [0.15, 0.2) is 0 Å². The van der Waals surface area contributed by atoms with Gasteiger partial charge in [-0.2, -0.15) is 0 Å². The monoisotopic (exact) mass is 207 g/mol. The van der Waals surface area contributed by atoms with Crippen LogP contribution in [0.4, 0.5) is 0 Å². The second-order valence-electron chi connectivity index (χ2n) is 3.05. The second kappa shape index (κ2) is 9.72. The third-order valence-electron chi connectivity index (χ3n) is 2.23. The Labute approximate surface area is 94.9 Å². The van der Waals surface area contributed by atoms with Gasteiger partial charge in [-0.3, -0.25) is 0 Å². The molecule has 1 N–H and O–H groups in total. The average molecular weight is 207 g/mol. The summed E-state index contributed by atoms with van der Waals surface area (Å²) >= 11 is 0. The van der Waals surface area contributed by atoms with Crippen molar-refractivity contribution in [3.05, 3.63) is 35.4 Å². The SMILES string of the molecule is CC.CC.c1ccc2c(c1)CCCNC2. The minimum atomic E-state index is 1.05. The summed E-state index contributed by atoms with van der Waals surface area (Å²) < 4.78 is 0. The first-order valence-corrected chi connectivity index (χ1v) is 6.24. The molecule has 1 aromatic carbocycles. The summed E-state index contributed by atoms with van der Waals surface area (Å²) in [6, 6.07) is 8.70. The lowest BCUT2D eigenvalue weighted by Crippen LogP contribution is -2.11. The number of nitrogens with one attached hydrogen (secondary N) is 1. The molecular formula is C14H25N. The van der Waals surface area contributed by atoms with Crippen molar-refractivity contribution in [2.45, 2.75) is 47.1 Å². The lowest BCUT2D eigenvalue weighted by molar-refractivity contribution is 0.681. The molecule has 15 heavy (non-hydrogen) atoms.